The molecule has 0 aliphatic heterocycles. The van der Waals surface area contributed by atoms with Gasteiger partial charge in [-0.2, -0.15) is 5.10 Å². The molecule has 0 saturated carbocycles. The number of fused-ring (bicyclic) bond motifs is 1. The zero-order valence-corrected chi connectivity index (χ0v) is 13.2. The van der Waals surface area contributed by atoms with Crippen LogP contribution >= 0.6 is 11.3 Å². The maximum Gasteiger partial charge on any atom is 0.182 e. The second kappa shape index (κ2) is 5.77. The topological polar surface area (TPSA) is 65.2 Å². The molecule has 0 spiro atoms. The van der Waals surface area contributed by atoms with E-state index in [9.17, 15) is 0 Å². The Labute approximate surface area is 136 Å². The number of hydrogen-bond acceptors (Lipinski definition) is 6. The first-order chi connectivity index (χ1) is 11.3. The minimum absolute atomic E-state index is 0.661. The number of thiazole rings is 1. The van der Waals surface area contributed by atoms with E-state index in [1.54, 1.807) is 29.5 Å². The van der Waals surface area contributed by atoms with Crippen LogP contribution < -0.4 is 4.74 Å². The molecule has 0 N–H and O–H groups in total. The van der Waals surface area contributed by atoms with Crippen LogP contribution in [0.5, 0.6) is 5.75 Å². The molecule has 0 fully saturated rings. The Morgan fingerprint density at radius 1 is 1.22 bits per heavy atom. The lowest BCUT2D eigenvalue weighted by Crippen LogP contribution is -1.93. The van der Waals surface area contributed by atoms with Crippen molar-refractivity contribution in [1.82, 2.24) is 24.6 Å². The van der Waals surface area contributed by atoms with Crippen molar-refractivity contribution >= 4 is 17.0 Å². The SMILES string of the molecule is COc1ccc(Cc2nc3c(-c4cncs4)nccn3n2)cc1. The second-order valence-corrected chi connectivity index (χ2v) is 5.85. The highest BCUT2D eigenvalue weighted by Gasteiger charge is 2.12. The van der Waals surface area contributed by atoms with Gasteiger partial charge in [-0.3, -0.25) is 4.98 Å². The third kappa shape index (κ3) is 2.66. The molecule has 0 aliphatic carbocycles. The van der Waals surface area contributed by atoms with Crippen LogP contribution in [-0.4, -0.2) is 31.7 Å². The normalized spacial score (nSPS) is 11.0. The molecular formula is C16H13N5OS. The summed E-state index contributed by atoms with van der Waals surface area (Å²) < 4.78 is 6.94. The number of rotatable bonds is 4. The summed E-state index contributed by atoms with van der Waals surface area (Å²) >= 11 is 1.54. The van der Waals surface area contributed by atoms with Crippen molar-refractivity contribution in [2.75, 3.05) is 7.11 Å². The van der Waals surface area contributed by atoms with Gasteiger partial charge in [0.1, 0.15) is 11.4 Å². The predicted molar refractivity (Wildman–Crippen MR) is 87.7 cm³/mol. The molecule has 0 unspecified atom stereocenters. The fraction of sp³-hybridized carbons (Fsp3) is 0.125. The van der Waals surface area contributed by atoms with Crippen molar-refractivity contribution in [2.45, 2.75) is 6.42 Å². The molecule has 114 valence electrons. The van der Waals surface area contributed by atoms with Gasteiger partial charge in [0.2, 0.25) is 0 Å². The molecule has 0 radical (unpaired) electrons. The highest BCUT2D eigenvalue weighted by molar-refractivity contribution is 7.13. The summed E-state index contributed by atoms with van der Waals surface area (Å²) in [7, 11) is 1.66. The number of methoxy groups -OCH3 is 1. The van der Waals surface area contributed by atoms with Gasteiger partial charge in [-0.05, 0) is 17.7 Å². The summed E-state index contributed by atoms with van der Waals surface area (Å²) in [6, 6.07) is 7.92. The van der Waals surface area contributed by atoms with Gasteiger partial charge in [-0.15, -0.1) is 11.3 Å². The first kappa shape index (κ1) is 13.8. The number of ether oxygens (including phenoxy) is 1. The van der Waals surface area contributed by atoms with Crippen LogP contribution in [0.2, 0.25) is 0 Å². The maximum absolute atomic E-state index is 5.18. The highest BCUT2D eigenvalue weighted by atomic mass is 32.1. The third-order valence-electron chi connectivity index (χ3n) is 3.49. The molecule has 3 heterocycles. The first-order valence-electron chi connectivity index (χ1n) is 7.05. The third-order valence-corrected chi connectivity index (χ3v) is 4.27. The van der Waals surface area contributed by atoms with Crippen LogP contribution in [0.25, 0.3) is 16.2 Å². The molecular weight excluding hydrogens is 310 g/mol. The standard InChI is InChI=1S/C16H13N5OS/c1-22-12-4-2-11(3-5-12)8-14-19-16-15(13-9-17-10-23-13)18-6-7-21(16)20-14/h2-7,9-10H,8H2,1H3. The molecule has 6 nitrogen and oxygen atoms in total. The first-order valence-corrected chi connectivity index (χ1v) is 7.93. The number of hydrogen-bond donors (Lipinski definition) is 0. The van der Waals surface area contributed by atoms with Crippen LogP contribution in [0, 0.1) is 0 Å². The molecule has 0 saturated heterocycles. The van der Waals surface area contributed by atoms with E-state index in [1.807, 2.05) is 30.5 Å². The Morgan fingerprint density at radius 3 is 2.83 bits per heavy atom. The fourth-order valence-corrected chi connectivity index (χ4v) is 2.98. The van der Waals surface area contributed by atoms with E-state index < -0.39 is 0 Å². The van der Waals surface area contributed by atoms with Gasteiger partial charge >= 0.3 is 0 Å². The van der Waals surface area contributed by atoms with Crippen molar-refractivity contribution in [3.05, 3.63) is 59.8 Å². The minimum atomic E-state index is 0.661. The monoisotopic (exact) mass is 323 g/mol. The van der Waals surface area contributed by atoms with E-state index in [1.165, 1.54) is 11.3 Å². The Balaban J connectivity index is 1.70. The van der Waals surface area contributed by atoms with Gasteiger partial charge < -0.3 is 4.74 Å². The van der Waals surface area contributed by atoms with E-state index >= 15 is 0 Å². The molecule has 0 atom stereocenters. The van der Waals surface area contributed by atoms with Crippen LogP contribution in [-0.2, 0) is 6.42 Å². The van der Waals surface area contributed by atoms with Gasteiger partial charge in [-0.1, -0.05) is 12.1 Å². The number of nitrogens with zero attached hydrogens (tertiary/aromatic N) is 5. The average Bonchev–Trinajstić information content (AvgIpc) is 3.24. The summed E-state index contributed by atoms with van der Waals surface area (Å²) in [4.78, 5) is 14.2. The largest absolute Gasteiger partial charge is 0.497 e. The van der Waals surface area contributed by atoms with Crippen LogP contribution in [0.4, 0.5) is 0 Å². The van der Waals surface area contributed by atoms with Crippen molar-refractivity contribution in [3.8, 4) is 16.3 Å². The quantitative estimate of drug-likeness (QED) is 0.578. The molecule has 0 bridgehead atoms. The highest BCUT2D eigenvalue weighted by Crippen LogP contribution is 2.24. The molecule has 3 aromatic heterocycles. The molecule has 1 aromatic carbocycles. The van der Waals surface area contributed by atoms with E-state index in [0.717, 1.165) is 33.4 Å². The molecule has 0 amide bonds. The fourth-order valence-electron chi connectivity index (χ4n) is 2.37. The van der Waals surface area contributed by atoms with E-state index in [0.29, 0.717) is 6.42 Å². The molecule has 7 heteroatoms. The van der Waals surface area contributed by atoms with E-state index in [2.05, 4.69) is 20.1 Å². The summed E-state index contributed by atoms with van der Waals surface area (Å²) in [6.07, 6.45) is 6.00. The summed E-state index contributed by atoms with van der Waals surface area (Å²) in [6.45, 7) is 0. The maximum atomic E-state index is 5.18. The number of aromatic nitrogens is 5. The van der Waals surface area contributed by atoms with Gasteiger partial charge in [0.15, 0.2) is 11.5 Å². The Hall–Kier alpha value is -2.80. The smallest absolute Gasteiger partial charge is 0.182 e. The van der Waals surface area contributed by atoms with E-state index in [-0.39, 0.29) is 0 Å². The summed E-state index contributed by atoms with van der Waals surface area (Å²) in [5.41, 5.74) is 4.48. The lowest BCUT2D eigenvalue weighted by molar-refractivity contribution is 0.414. The lowest BCUT2D eigenvalue weighted by atomic mass is 10.1. The zero-order valence-electron chi connectivity index (χ0n) is 12.4. The second-order valence-electron chi connectivity index (χ2n) is 4.96. The van der Waals surface area contributed by atoms with Gasteiger partial charge in [0.05, 0.1) is 17.5 Å². The molecule has 23 heavy (non-hydrogen) atoms. The van der Waals surface area contributed by atoms with Crippen LogP contribution in [0.3, 0.4) is 0 Å². The van der Waals surface area contributed by atoms with Crippen LogP contribution in [0.1, 0.15) is 11.4 Å². The minimum Gasteiger partial charge on any atom is -0.497 e. The zero-order chi connectivity index (χ0) is 15.6. The van der Waals surface area contributed by atoms with Crippen molar-refractivity contribution in [3.63, 3.8) is 0 Å². The van der Waals surface area contributed by atoms with Crippen LogP contribution in [0.15, 0.2) is 48.4 Å². The Kier molecular flexibility index (Phi) is 3.47. The Morgan fingerprint density at radius 2 is 2.09 bits per heavy atom. The molecule has 0 aliphatic rings. The van der Waals surface area contributed by atoms with Gasteiger partial charge in [-0.25, -0.2) is 14.5 Å². The Bertz CT molecular complexity index is 931. The lowest BCUT2D eigenvalue weighted by Gasteiger charge is -2.00. The molecule has 4 rings (SSSR count). The van der Waals surface area contributed by atoms with Crippen molar-refractivity contribution in [2.24, 2.45) is 0 Å². The van der Waals surface area contributed by atoms with Gasteiger partial charge in [0, 0.05) is 25.0 Å². The summed E-state index contributed by atoms with van der Waals surface area (Å²) in [5.74, 6) is 1.60. The average molecular weight is 323 g/mol. The number of benzene rings is 1. The van der Waals surface area contributed by atoms with Gasteiger partial charge in [0.25, 0.3) is 0 Å². The molecule has 4 aromatic rings. The van der Waals surface area contributed by atoms with Crippen molar-refractivity contribution < 1.29 is 4.74 Å². The summed E-state index contributed by atoms with van der Waals surface area (Å²) in [5, 5.41) is 4.54. The predicted octanol–water partition coefficient (Wildman–Crippen LogP) is 2.85. The van der Waals surface area contributed by atoms with E-state index in [4.69, 9.17) is 4.74 Å². The van der Waals surface area contributed by atoms with Crippen molar-refractivity contribution in [1.29, 1.82) is 0 Å².